The lowest BCUT2D eigenvalue weighted by molar-refractivity contribution is -0.110. The Kier molecular flexibility index (Phi) is 3.12. The molecule has 1 aliphatic heterocycles. The van der Waals surface area contributed by atoms with Crippen LogP contribution < -0.4 is 5.32 Å². The molecule has 0 saturated heterocycles. The van der Waals surface area contributed by atoms with Crippen molar-refractivity contribution in [3.8, 4) is 0 Å². The normalized spacial score (nSPS) is 18.3. The van der Waals surface area contributed by atoms with Gasteiger partial charge in [0.05, 0.1) is 5.57 Å². The molecule has 2 heterocycles. The molecule has 1 aliphatic carbocycles. The zero-order chi connectivity index (χ0) is 15.3. The molecule has 0 atom stereocenters. The van der Waals surface area contributed by atoms with Crippen LogP contribution >= 0.6 is 11.6 Å². The summed E-state index contributed by atoms with van der Waals surface area (Å²) in [5.74, 6) is -0.0655. The van der Waals surface area contributed by atoms with E-state index >= 15 is 0 Å². The van der Waals surface area contributed by atoms with Crippen LogP contribution in [0.4, 0.5) is 5.69 Å². The second-order valence-corrected chi connectivity index (χ2v) is 6.47. The zero-order valence-corrected chi connectivity index (χ0v) is 13.2. The summed E-state index contributed by atoms with van der Waals surface area (Å²) in [7, 11) is 0. The number of carbonyl (C=O) groups excluding carboxylic acids is 1. The molecule has 2 aliphatic rings. The van der Waals surface area contributed by atoms with E-state index in [0.29, 0.717) is 10.6 Å². The van der Waals surface area contributed by atoms with Crippen molar-refractivity contribution in [1.82, 2.24) is 4.98 Å². The summed E-state index contributed by atoms with van der Waals surface area (Å²) in [4.78, 5) is 15.8. The molecule has 2 aromatic rings. The van der Waals surface area contributed by atoms with Gasteiger partial charge in [-0.2, -0.15) is 0 Å². The first kappa shape index (κ1) is 13.6. The first-order valence-corrected chi connectivity index (χ1v) is 8.04. The monoisotopic (exact) mass is 312 g/mol. The van der Waals surface area contributed by atoms with Crippen molar-refractivity contribution in [2.45, 2.75) is 32.6 Å². The van der Waals surface area contributed by atoms with Gasteiger partial charge in [-0.25, -0.2) is 0 Å². The van der Waals surface area contributed by atoms with Crippen LogP contribution in [0.5, 0.6) is 0 Å². The predicted octanol–water partition coefficient (Wildman–Crippen LogP) is 4.35. The quantitative estimate of drug-likeness (QED) is 0.756. The van der Waals surface area contributed by atoms with Crippen LogP contribution in [0, 0.1) is 6.92 Å². The Morgan fingerprint density at radius 2 is 2.05 bits per heavy atom. The third-order valence-corrected chi connectivity index (χ3v) is 4.90. The summed E-state index contributed by atoms with van der Waals surface area (Å²) in [6.45, 7) is 2.14. The fraction of sp³-hybridized carbons (Fsp3) is 0.278. The van der Waals surface area contributed by atoms with Gasteiger partial charge in [0.25, 0.3) is 5.91 Å². The molecule has 4 heteroatoms. The summed E-state index contributed by atoms with van der Waals surface area (Å²) in [5, 5.41) is 3.54. The molecule has 0 bridgehead atoms. The van der Waals surface area contributed by atoms with Crippen LogP contribution in [-0.4, -0.2) is 10.9 Å². The first-order valence-electron chi connectivity index (χ1n) is 7.67. The van der Waals surface area contributed by atoms with Crippen molar-refractivity contribution in [1.29, 1.82) is 0 Å². The lowest BCUT2D eigenvalue weighted by Gasteiger charge is -2.10. The maximum atomic E-state index is 12.3. The molecule has 0 spiro atoms. The van der Waals surface area contributed by atoms with Gasteiger partial charge in [0.15, 0.2) is 0 Å². The number of rotatable bonds is 1. The van der Waals surface area contributed by atoms with Crippen LogP contribution in [0.1, 0.15) is 40.9 Å². The predicted molar refractivity (Wildman–Crippen MR) is 90.1 cm³/mol. The van der Waals surface area contributed by atoms with Gasteiger partial charge in [-0.1, -0.05) is 11.6 Å². The molecular formula is C18H17ClN2O. The molecule has 0 saturated carbocycles. The number of hydrogen-bond acceptors (Lipinski definition) is 1. The average molecular weight is 313 g/mol. The number of fused-ring (bicyclic) bond motifs is 2. The zero-order valence-electron chi connectivity index (χ0n) is 12.4. The largest absolute Gasteiger partial charge is 0.358 e. The molecule has 22 heavy (non-hydrogen) atoms. The average Bonchev–Trinajstić information content (AvgIpc) is 2.99. The van der Waals surface area contributed by atoms with Gasteiger partial charge in [-0.05, 0) is 68.0 Å². The summed E-state index contributed by atoms with van der Waals surface area (Å²) >= 11 is 6.08. The standard InChI is InChI=1S/C18H17ClN2O/c1-10-12-4-2-3-5-15(12)20-17(10)9-14-13-8-11(19)6-7-16(13)21-18(14)22/h6-9,20H,2-5H2,1H3,(H,21,22). The highest BCUT2D eigenvalue weighted by Crippen LogP contribution is 2.36. The lowest BCUT2D eigenvalue weighted by Crippen LogP contribution is -2.03. The second-order valence-electron chi connectivity index (χ2n) is 6.03. The maximum absolute atomic E-state index is 12.3. The van der Waals surface area contributed by atoms with E-state index in [1.807, 2.05) is 18.2 Å². The number of aromatic amines is 1. The molecule has 0 radical (unpaired) electrons. The molecule has 2 N–H and O–H groups in total. The molecule has 1 amide bonds. The van der Waals surface area contributed by atoms with Crippen LogP contribution in [0.3, 0.4) is 0 Å². The number of carbonyl (C=O) groups is 1. The Balaban J connectivity index is 1.83. The second kappa shape index (κ2) is 5.03. The number of aromatic nitrogens is 1. The number of benzene rings is 1. The van der Waals surface area contributed by atoms with E-state index in [1.165, 1.54) is 29.7 Å². The first-order chi connectivity index (χ1) is 10.6. The maximum Gasteiger partial charge on any atom is 0.256 e. The minimum Gasteiger partial charge on any atom is -0.358 e. The highest BCUT2D eigenvalue weighted by molar-refractivity contribution is 6.36. The van der Waals surface area contributed by atoms with E-state index in [2.05, 4.69) is 17.2 Å². The van der Waals surface area contributed by atoms with Gasteiger partial charge < -0.3 is 10.3 Å². The Bertz CT molecular complexity index is 817. The van der Waals surface area contributed by atoms with Gasteiger partial charge >= 0.3 is 0 Å². The fourth-order valence-electron chi connectivity index (χ4n) is 3.47. The molecule has 4 rings (SSSR count). The topological polar surface area (TPSA) is 44.9 Å². The molecular weight excluding hydrogens is 296 g/mol. The summed E-state index contributed by atoms with van der Waals surface area (Å²) in [6.07, 6.45) is 6.69. The molecule has 0 unspecified atom stereocenters. The minimum absolute atomic E-state index is 0.0655. The minimum atomic E-state index is -0.0655. The van der Waals surface area contributed by atoms with Crippen molar-refractivity contribution in [3.63, 3.8) is 0 Å². The van der Waals surface area contributed by atoms with Gasteiger partial charge in [0, 0.05) is 27.7 Å². The highest BCUT2D eigenvalue weighted by Gasteiger charge is 2.25. The van der Waals surface area contributed by atoms with E-state index in [-0.39, 0.29) is 5.91 Å². The van der Waals surface area contributed by atoms with Crippen molar-refractivity contribution >= 4 is 34.8 Å². The van der Waals surface area contributed by atoms with Gasteiger partial charge in [0.1, 0.15) is 0 Å². The third-order valence-electron chi connectivity index (χ3n) is 4.66. The van der Waals surface area contributed by atoms with Crippen LogP contribution in [-0.2, 0) is 17.6 Å². The SMILES string of the molecule is Cc1c(C=C2C(=O)Nc3ccc(Cl)cc32)[nH]c2c1CCCC2. The van der Waals surface area contributed by atoms with Crippen LogP contribution in [0.25, 0.3) is 11.6 Å². The van der Waals surface area contributed by atoms with Gasteiger partial charge in [-0.3, -0.25) is 4.79 Å². The van der Waals surface area contributed by atoms with E-state index in [9.17, 15) is 4.79 Å². The molecule has 112 valence electrons. The number of hydrogen-bond donors (Lipinski definition) is 2. The van der Waals surface area contributed by atoms with Crippen molar-refractivity contribution < 1.29 is 4.79 Å². The highest BCUT2D eigenvalue weighted by atomic mass is 35.5. The molecule has 1 aromatic heterocycles. The molecule has 3 nitrogen and oxygen atoms in total. The van der Waals surface area contributed by atoms with E-state index in [0.717, 1.165) is 29.8 Å². The van der Waals surface area contributed by atoms with Crippen molar-refractivity contribution in [2.24, 2.45) is 0 Å². The molecule has 0 fully saturated rings. The Hall–Kier alpha value is -2.00. The third kappa shape index (κ3) is 2.08. The van der Waals surface area contributed by atoms with Crippen LogP contribution in [0.15, 0.2) is 18.2 Å². The van der Waals surface area contributed by atoms with Crippen molar-refractivity contribution in [2.75, 3.05) is 5.32 Å². The smallest absolute Gasteiger partial charge is 0.256 e. The summed E-state index contributed by atoms with van der Waals surface area (Å²) in [6, 6.07) is 5.49. The van der Waals surface area contributed by atoms with E-state index in [4.69, 9.17) is 11.6 Å². The summed E-state index contributed by atoms with van der Waals surface area (Å²) < 4.78 is 0. The lowest BCUT2D eigenvalue weighted by atomic mass is 9.95. The number of aryl methyl sites for hydroxylation is 1. The van der Waals surface area contributed by atoms with Crippen molar-refractivity contribution in [3.05, 3.63) is 51.3 Å². The molecule has 1 aromatic carbocycles. The number of anilines is 1. The van der Waals surface area contributed by atoms with Crippen LogP contribution in [0.2, 0.25) is 5.02 Å². The van der Waals surface area contributed by atoms with Gasteiger partial charge in [0.2, 0.25) is 0 Å². The Morgan fingerprint density at radius 1 is 1.23 bits per heavy atom. The number of halogens is 1. The number of H-pyrrole nitrogens is 1. The summed E-state index contributed by atoms with van der Waals surface area (Å²) in [5.41, 5.74) is 7.47. The number of amides is 1. The fourth-order valence-corrected chi connectivity index (χ4v) is 3.64. The van der Waals surface area contributed by atoms with E-state index in [1.54, 1.807) is 6.07 Å². The Labute approximate surface area is 134 Å². The van der Waals surface area contributed by atoms with Gasteiger partial charge in [-0.15, -0.1) is 0 Å². The van der Waals surface area contributed by atoms with E-state index < -0.39 is 0 Å². The number of nitrogens with one attached hydrogen (secondary N) is 2. The Morgan fingerprint density at radius 3 is 2.86 bits per heavy atom.